The molecule has 0 radical (unpaired) electrons. The molecule has 1 N–H and O–H groups in total. The van der Waals surface area contributed by atoms with E-state index in [-0.39, 0.29) is 11.6 Å². The predicted octanol–water partition coefficient (Wildman–Crippen LogP) is 3.18. The van der Waals surface area contributed by atoms with E-state index >= 15 is 0 Å². The van der Waals surface area contributed by atoms with E-state index in [9.17, 15) is 0 Å². The van der Waals surface area contributed by atoms with Gasteiger partial charge in [0.2, 0.25) is 5.88 Å². The molecule has 0 aliphatic carbocycles. The van der Waals surface area contributed by atoms with Gasteiger partial charge in [0.1, 0.15) is 11.6 Å². The average molecular weight is 299 g/mol. The molecule has 2 rings (SSSR count). The number of nitrogens with one attached hydrogen (secondary N) is 1. The SMILES string of the molecule is CC(C)(C)NCc1cnc(OCC2CCCO2)c(Cl)c1. The highest BCUT2D eigenvalue weighted by Gasteiger charge is 2.17. The minimum absolute atomic E-state index is 0.0709. The van der Waals surface area contributed by atoms with E-state index in [0.29, 0.717) is 17.5 Å². The maximum absolute atomic E-state index is 6.21. The van der Waals surface area contributed by atoms with Gasteiger partial charge >= 0.3 is 0 Å². The average Bonchev–Trinajstić information content (AvgIpc) is 2.87. The molecule has 20 heavy (non-hydrogen) atoms. The third-order valence-corrected chi connectivity index (χ3v) is 3.39. The van der Waals surface area contributed by atoms with Crippen LogP contribution in [0.15, 0.2) is 12.3 Å². The van der Waals surface area contributed by atoms with Crippen molar-refractivity contribution in [2.45, 2.75) is 51.8 Å². The molecular weight excluding hydrogens is 276 g/mol. The first-order valence-electron chi connectivity index (χ1n) is 7.08. The van der Waals surface area contributed by atoms with Gasteiger partial charge in [-0.05, 0) is 45.2 Å². The first kappa shape index (κ1) is 15.5. The van der Waals surface area contributed by atoms with Crippen molar-refractivity contribution < 1.29 is 9.47 Å². The van der Waals surface area contributed by atoms with Gasteiger partial charge in [-0.2, -0.15) is 0 Å². The lowest BCUT2D eigenvalue weighted by Gasteiger charge is -2.20. The molecule has 0 bridgehead atoms. The zero-order valence-electron chi connectivity index (χ0n) is 12.4. The van der Waals surface area contributed by atoms with Crippen molar-refractivity contribution in [2.24, 2.45) is 0 Å². The van der Waals surface area contributed by atoms with Gasteiger partial charge in [0.15, 0.2) is 0 Å². The molecule has 0 aromatic carbocycles. The summed E-state index contributed by atoms with van der Waals surface area (Å²) in [6, 6.07) is 1.90. The van der Waals surface area contributed by atoms with Gasteiger partial charge in [-0.1, -0.05) is 11.6 Å². The minimum atomic E-state index is 0.0709. The van der Waals surface area contributed by atoms with Crippen molar-refractivity contribution in [3.63, 3.8) is 0 Å². The maximum atomic E-state index is 6.21. The van der Waals surface area contributed by atoms with E-state index in [4.69, 9.17) is 21.1 Å². The smallest absolute Gasteiger partial charge is 0.232 e. The Bertz CT molecular complexity index is 440. The molecule has 4 nitrogen and oxygen atoms in total. The molecular formula is C15H23ClN2O2. The van der Waals surface area contributed by atoms with Gasteiger partial charge in [-0.3, -0.25) is 0 Å². The lowest BCUT2D eigenvalue weighted by Crippen LogP contribution is -2.35. The number of ether oxygens (including phenoxy) is 2. The Balaban J connectivity index is 1.88. The molecule has 1 atom stereocenters. The summed E-state index contributed by atoms with van der Waals surface area (Å²) in [6.45, 7) is 8.46. The van der Waals surface area contributed by atoms with Crippen LogP contribution < -0.4 is 10.1 Å². The Labute approximate surface area is 125 Å². The maximum Gasteiger partial charge on any atom is 0.232 e. The van der Waals surface area contributed by atoms with Gasteiger partial charge in [-0.25, -0.2) is 4.98 Å². The number of hydrogen-bond donors (Lipinski definition) is 1. The molecule has 1 unspecified atom stereocenters. The van der Waals surface area contributed by atoms with E-state index in [1.165, 1.54) is 0 Å². The summed E-state index contributed by atoms with van der Waals surface area (Å²) >= 11 is 6.21. The highest BCUT2D eigenvalue weighted by Crippen LogP contribution is 2.24. The zero-order valence-corrected chi connectivity index (χ0v) is 13.2. The standard InChI is InChI=1S/C15H23ClN2O2/c1-15(2,3)18-9-11-7-13(16)14(17-8-11)20-10-12-5-4-6-19-12/h7-8,12,18H,4-6,9-10H2,1-3H3. The van der Waals surface area contributed by atoms with Crippen LogP contribution >= 0.6 is 11.6 Å². The molecule has 5 heteroatoms. The fourth-order valence-electron chi connectivity index (χ4n) is 1.98. The summed E-state index contributed by atoms with van der Waals surface area (Å²) in [6.07, 6.45) is 4.13. The number of rotatable bonds is 5. The van der Waals surface area contributed by atoms with Gasteiger partial charge in [0, 0.05) is 24.9 Å². The van der Waals surface area contributed by atoms with Crippen molar-refractivity contribution in [3.05, 3.63) is 22.8 Å². The Morgan fingerprint density at radius 1 is 1.50 bits per heavy atom. The number of halogens is 1. The summed E-state index contributed by atoms with van der Waals surface area (Å²) in [5.74, 6) is 0.488. The van der Waals surface area contributed by atoms with Gasteiger partial charge in [0.05, 0.1) is 6.10 Å². The molecule has 1 fully saturated rings. The number of hydrogen-bond acceptors (Lipinski definition) is 4. The molecule has 0 amide bonds. The topological polar surface area (TPSA) is 43.4 Å². The normalized spacial score (nSPS) is 19.3. The summed E-state index contributed by atoms with van der Waals surface area (Å²) in [4.78, 5) is 4.29. The fourth-order valence-corrected chi connectivity index (χ4v) is 2.23. The number of nitrogens with zero attached hydrogens (tertiary/aromatic N) is 1. The Hall–Kier alpha value is -0.840. The third kappa shape index (κ3) is 4.93. The number of pyridine rings is 1. The molecule has 1 saturated heterocycles. The van der Waals surface area contributed by atoms with E-state index in [2.05, 4.69) is 31.1 Å². The second-order valence-corrected chi connectivity index (χ2v) is 6.59. The Morgan fingerprint density at radius 3 is 2.90 bits per heavy atom. The highest BCUT2D eigenvalue weighted by molar-refractivity contribution is 6.31. The Morgan fingerprint density at radius 2 is 2.30 bits per heavy atom. The summed E-state index contributed by atoms with van der Waals surface area (Å²) in [5, 5.41) is 3.95. The van der Waals surface area contributed by atoms with Crippen molar-refractivity contribution in [2.75, 3.05) is 13.2 Å². The minimum Gasteiger partial charge on any atom is -0.474 e. The van der Waals surface area contributed by atoms with E-state index in [1.54, 1.807) is 6.20 Å². The lowest BCUT2D eigenvalue weighted by atomic mass is 10.1. The lowest BCUT2D eigenvalue weighted by molar-refractivity contribution is 0.0664. The Kier molecular flexibility index (Phi) is 5.24. The third-order valence-electron chi connectivity index (χ3n) is 3.12. The monoisotopic (exact) mass is 298 g/mol. The summed E-state index contributed by atoms with van der Waals surface area (Å²) in [5.41, 5.74) is 1.12. The van der Waals surface area contributed by atoms with Crippen molar-refractivity contribution in [1.29, 1.82) is 0 Å². The van der Waals surface area contributed by atoms with Crippen LogP contribution in [0.4, 0.5) is 0 Å². The van der Waals surface area contributed by atoms with Crippen LogP contribution in [0.25, 0.3) is 0 Å². The van der Waals surface area contributed by atoms with E-state index in [0.717, 1.165) is 31.6 Å². The quantitative estimate of drug-likeness (QED) is 0.907. The van der Waals surface area contributed by atoms with Crippen LogP contribution in [-0.4, -0.2) is 29.8 Å². The van der Waals surface area contributed by atoms with Crippen LogP contribution in [0.1, 0.15) is 39.2 Å². The molecule has 1 aromatic heterocycles. The molecule has 0 spiro atoms. The fraction of sp³-hybridized carbons (Fsp3) is 0.667. The predicted molar refractivity (Wildman–Crippen MR) is 80.3 cm³/mol. The molecule has 0 saturated carbocycles. The molecule has 1 aliphatic heterocycles. The highest BCUT2D eigenvalue weighted by atomic mass is 35.5. The van der Waals surface area contributed by atoms with E-state index in [1.807, 2.05) is 6.07 Å². The molecule has 112 valence electrons. The van der Waals surface area contributed by atoms with Crippen LogP contribution in [0, 0.1) is 0 Å². The van der Waals surface area contributed by atoms with Crippen molar-refractivity contribution in [3.8, 4) is 5.88 Å². The van der Waals surface area contributed by atoms with E-state index < -0.39 is 0 Å². The van der Waals surface area contributed by atoms with Gasteiger partial charge in [-0.15, -0.1) is 0 Å². The number of aromatic nitrogens is 1. The first-order valence-corrected chi connectivity index (χ1v) is 7.46. The second-order valence-electron chi connectivity index (χ2n) is 6.18. The zero-order chi connectivity index (χ0) is 14.6. The first-order chi connectivity index (χ1) is 9.44. The molecule has 1 aliphatic rings. The van der Waals surface area contributed by atoms with Gasteiger partial charge in [0.25, 0.3) is 0 Å². The molecule has 1 aromatic rings. The van der Waals surface area contributed by atoms with Crippen molar-refractivity contribution in [1.82, 2.24) is 10.3 Å². The van der Waals surface area contributed by atoms with Crippen LogP contribution in [0.2, 0.25) is 5.02 Å². The summed E-state index contributed by atoms with van der Waals surface area (Å²) < 4.78 is 11.1. The largest absolute Gasteiger partial charge is 0.474 e. The van der Waals surface area contributed by atoms with Crippen molar-refractivity contribution >= 4 is 11.6 Å². The van der Waals surface area contributed by atoms with Crippen LogP contribution in [0.3, 0.4) is 0 Å². The van der Waals surface area contributed by atoms with Gasteiger partial charge < -0.3 is 14.8 Å². The second kappa shape index (κ2) is 6.74. The molecule has 2 heterocycles. The van der Waals surface area contributed by atoms with Crippen LogP contribution in [0.5, 0.6) is 5.88 Å². The summed E-state index contributed by atoms with van der Waals surface area (Å²) in [7, 11) is 0. The van der Waals surface area contributed by atoms with Crippen LogP contribution in [-0.2, 0) is 11.3 Å².